The van der Waals surface area contributed by atoms with Gasteiger partial charge in [-0.1, -0.05) is 260 Å². The smallest absolute Gasteiger partial charge is 0.359 e. The van der Waals surface area contributed by atoms with E-state index in [1.807, 2.05) is 0 Å². The molecular weight excluding hydrogens is 1830 g/mol. The summed E-state index contributed by atoms with van der Waals surface area (Å²) in [5.74, 6) is 1.47. The molecule has 0 radical (unpaired) electrons. The predicted molar refractivity (Wildman–Crippen MR) is 615 cm³/mol. The van der Waals surface area contributed by atoms with Crippen molar-refractivity contribution in [2.75, 3.05) is 24.1 Å². The number of hydrogen-bond donors (Lipinski definition) is 0. The minimum absolute atomic E-state index is 0.163. The molecule has 25 heterocycles. The van der Waals surface area contributed by atoms with Crippen LogP contribution in [0.3, 0.4) is 0 Å². The maximum absolute atomic E-state index is 2.60. The van der Waals surface area contributed by atoms with Crippen molar-refractivity contribution in [2.24, 2.45) is 0 Å². The van der Waals surface area contributed by atoms with Crippen LogP contribution in [0.1, 0.15) is 109 Å². The molecule has 20 heteroatoms. The third-order valence-electron chi connectivity index (χ3n) is 36.5. The van der Waals surface area contributed by atoms with Gasteiger partial charge in [0.1, 0.15) is 28.4 Å². The van der Waals surface area contributed by atoms with Crippen molar-refractivity contribution >= 4 is 228 Å². The summed E-state index contributed by atoms with van der Waals surface area (Å²) < 4.78 is 25.1. The van der Waals surface area contributed by atoms with Crippen molar-refractivity contribution in [3.63, 3.8) is 0 Å². The number of aromatic nitrogens is 10. The Labute approximate surface area is 867 Å². The molecule has 0 spiro atoms. The van der Waals surface area contributed by atoms with E-state index in [1.54, 1.807) is 0 Å². The van der Waals surface area contributed by atoms with E-state index in [0.717, 1.165) is 32.7 Å². The number of aryl methyl sites for hydroxylation is 1. The van der Waals surface area contributed by atoms with Crippen LogP contribution in [0.25, 0.3) is 165 Å². The number of rotatable bonds is 3. The van der Waals surface area contributed by atoms with Crippen LogP contribution >= 0.6 is 0 Å². The molecule has 0 bridgehead atoms. The first-order valence-electron chi connectivity index (χ1n) is 53.8. The number of benzene rings is 15. The fourth-order valence-corrected chi connectivity index (χ4v) is 30.7. The maximum Gasteiger partial charge on any atom is 0.421 e. The number of anilines is 10. The molecule has 0 amide bonds. The number of hydrogen-bond acceptors (Lipinski definition) is 5. The number of para-hydroxylation sites is 8. The topological polar surface area (TPSA) is 60.3 Å². The van der Waals surface area contributed by atoms with Crippen molar-refractivity contribution in [3.05, 3.63) is 421 Å². The largest absolute Gasteiger partial charge is 0.421 e. The average Bonchev–Trinajstić information content (AvgIpc) is 1.53. The maximum atomic E-state index is 2.60. The van der Waals surface area contributed by atoms with E-state index in [9.17, 15) is 0 Å². The fraction of sp³-hybridized carbons (Fsp3) is 0.115. The molecule has 25 aromatic rings. The summed E-state index contributed by atoms with van der Waals surface area (Å²) in [6.45, 7) is 21.7. The van der Waals surface area contributed by atoms with Crippen LogP contribution in [0, 0.1) is 6.92 Å². The van der Waals surface area contributed by atoms with Crippen molar-refractivity contribution in [1.82, 2.24) is 22.4 Å². The van der Waals surface area contributed by atoms with Gasteiger partial charge in [0.15, 0.2) is 63.7 Å². The second-order valence-electron chi connectivity index (χ2n) is 45.0. The minimum atomic E-state index is 0.163. The molecule has 15 aliphatic heterocycles. The summed E-state index contributed by atoms with van der Waals surface area (Å²) in [6, 6.07) is 127. The van der Waals surface area contributed by atoms with Gasteiger partial charge < -0.3 is 46.4 Å². The zero-order valence-corrected chi connectivity index (χ0v) is 84.1. The predicted octanol–water partition coefficient (Wildman–Crippen LogP) is 22.8. The van der Waals surface area contributed by atoms with Gasteiger partial charge in [0.2, 0.25) is 28.5 Å². The summed E-state index contributed by atoms with van der Waals surface area (Å²) in [7, 11) is 0. The van der Waals surface area contributed by atoms with Crippen molar-refractivity contribution < 1.29 is 22.8 Å². The third-order valence-corrected chi connectivity index (χ3v) is 36.5. The van der Waals surface area contributed by atoms with E-state index in [0.29, 0.717) is 17.8 Å². The van der Waals surface area contributed by atoms with Crippen LogP contribution < -0.4 is 74.2 Å². The number of fused-ring (bicyclic) bond motifs is 40. The van der Waals surface area contributed by atoms with Gasteiger partial charge in [-0.25, -0.2) is 0 Å². The molecular formula is C130H95B5N15+5. The highest BCUT2D eigenvalue weighted by atomic mass is 15.3. The van der Waals surface area contributed by atoms with Crippen LogP contribution in [0.15, 0.2) is 371 Å². The molecule has 0 N–H and O–H groups in total. The van der Waals surface area contributed by atoms with Gasteiger partial charge in [0.05, 0.1) is 83.8 Å². The molecule has 15 aliphatic rings. The first-order chi connectivity index (χ1) is 73.9. The molecule has 0 saturated heterocycles. The van der Waals surface area contributed by atoms with Gasteiger partial charge in [-0.15, -0.1) is 0 Å². The van der Waals surface area contributed by atoms with Crippen molar-refractivity contribution in [3.8, 4) is 56.3 Å². The Morgan fingerprint density at radius 2 is 0.453 bits per heavy atom. The highest BCUT2D eigenvalue weighted by Crippen LogP contribution is 2.59. The highest BCUT2D eigenvalue weighted by molar-refractivity contribution is 6.86. The van der Waals surface area contributed by atoms with E-state index in [2.05, 4.69) is 488 Å². The Hall–Kier alpha value is -17.6. The Morgan fingerprint density at radius 1 is 0.207 bits per heavy atom. The Balaban J connectivity index is 0.0000000771. The molecule has 700 valence electrons. The van der Waals surface area contributed by atoms with Crippen LogP contribution in [0.2, 0.25) is 0 Å². The van der Waals surface area contributed by atoms with E-state index in [1.165, 1.54) is 300 Å². The van der Waals surface area contributed by atoms with E-state index in [-0.39, 0.29) is 34.9 Å². The number of pyridine rings is 5. The minimum Gasteiger partial charge on any atom is -0.359 e. The summed E-state index contributed by atoms with van der Waals surface area (Å²) in [6.07, 6.45) is 11.4. The van der Waals surface area contributed by atoms with Gasteiger partial charge >= 0.3 is 34.9 Å². The molecule has 0 fully saturated rings. The second kappa shape index (κ2) is 28.6. The Kier molecular flexibility index (Phi) is 15.6. The van der Waals surface area contributed by atoms with Crippen LogP contribution in [-0.2, 0) is 32.7 Å². The lowest BCUT2D eigenvalue weighted by Gasteiger charge is -2.32. The monoisotopic (exact) mass is 1920 g/mol. The zero-order chi connectivity index (χ0) is 98.1. The highest BCUT2D eigenvalue weighted by Gasteiger charge is 2.58. The van der Waals surface area contributed by atoms with Crippen LogP contribution in [-0.4, -0.2) is 57.3 Å². The molecule has 0 atom stereocenters. The van der Waals surface area contributed by atoms with E-state index < -0.39 is 0 Å². The molecule has 40 rings (SSSR count). The summed E-state index contributed by atoms with van der Waals surface area (Å²) in [5, 5.41) is 13.6. The molecule has 150 heavy (non-hydrogen) atoms. The van der Waals surface area contributed by atoms with Crippen molar-refractivity contribution in [2.45, 2.75) is 98.9 Å². The molecule has 15 aromatic carbocycles. The molecule has 0 saturated carbocycles. The number of nitrogens with zero attached hydrogens (tertiary/aromatic N) is 15. The third kappa shape index (κ3) is 9.99. The van der Waals surface area contributed by atoms with Gasteiger partial charge in [-0.2, -0.15) is 22.8 Å². The normalized spacial score (nSPS) is 14.8. The molecule has 15 nitrogen and oxygen atoms in total. The molecule has 0 aliphatic carbocycles. The molecule has 10 aromatic heterocycles. The summed E-state index contributed by atoms with van der Waals surface area (Å²) in [5.41, 5.74) is 60.8. The Morgan fingerprint density at radius 3 is 0.780 bits per heavy atom. The van der Waals surface area contributed by atoms with Crippen LogP contribution in [0.4, 0.5) is 56.9 Å². The first-order valence-corrected chi connectivity index (χ1v) is 53.8. The lowest BCUT2D eigenvalue weighted by molar-refractivity contribution is -0.672. The Bertz CT molecular complexity index is 10400. The van der Waals surface area contributed by atoms with Gasteiger partial charge in [0, 0.05) is 139 Å². The summed E-state index contributed by atoms with van der Waals surface area (Å²) in [4.78, 5) is 12.9. The SMILES string of the molecule is CC(C)c1cc2c3[n+](c1)Cc1cccc(c1-3)B1N2c2cccc3c4ccccc4n1c23.CC(C)c1cc2c3c(c1)c1ccccc1n3B1c3cccc4c3-c3c(ccc[n+]3C4)N12.CC(C)c1cc2c3c(c1)c1ccccc1n3B1c3cccc4c3-c3c(ccc[n+]3C4)N12.Cc1cc2c3[n+](c1)Cc1cccc(c1-3)B1N2c2cccc3c4ccccc4n1c23.c1cc2c3c(c1)B1N(c4ccc[n+](c4-3)C2)c2cccc3c4ccccc4n1c23. The fourth-order valence-electron chi connectivity index (χ4n) is 30.7. The van der Waals surface area contributed by atoms with E-state index in [4.69, 9.17) is 0 Å². The van der Waals surface area contributed by atoms with Gasteiger partial charge in [0.25, 0.3) is 0 Å². The van der Waals surface area contributed by atoms with Crippen LogP contribution in [0.5, 0.6) is 0 Å². The second-order valence-corrected chi connectivity index (χ2v) is 45.0. The van der Waals surface area contributed by atoms with Crippen molar-refractivity contribution in [1.29, 1.82) is 0 Å². The average molecular weight is 1920 g/mol. The molecule has 0 unspecified atom stereocenters. The first kappa shape index (κ1) is 81.6. The van der Waals surface area contributed by atoms with E-state index >= 15 is 0 Å². The lowest BCUT2D eigenvalue weighted by atomic mass is 9.60. The van der Waals surface area contributed by atoms with Gasteiger partial charge in [-0.3, -0.25) is 0 Å². The van der Waals surface area contributed by atoms with Gasteiger partial charge in [-0.05, 0) is 166 Å². The standard InChI is InChI=1S/3C27H21BN3.C25H17BN3.C24H15BN3/c1-16(2)18-13-24-27-25-17(14-29(27)15-18)7-5-10-21(25)28-30(24)23-12-6-9-20-19-8-3-4-11-22(19)31(28)26(20)23;2*1-16(2)18-13-20-19-8-3-4-10-22(19)31-26(20)24(14-18)30-23-11-6-12-29-15-17-7-5-9-21(28(30)31)25(17)27(23)29;1-15-12-22-25-23-16(14-27(25)13-15)6-4-9-19(23)26-28(22)21-11-5-8-18-17-7-2-3-10-20(17)29(26)24(18)21;1-2-10-19-16(7-1)17-8-4-11-20-23(17)28(19)25-18-9-3-6-15-14-26-13-5-12-21(27(20)25)24(26)22(15)18/h3-13,15-16H,14H2,1-2H3;2*3-14,16H,15H2,1-2H3;2-13H,14H2,1H3;1-13H,14H2/q5*+1. The lowest BCUT2D eigenvalue weighted by Crippen LogP contribution is -2.53. The summed E-state index contributed by atoms with van der Waals surface area (Å²) >= 11 is 0. The quantitative estimate of drug-likeness (QED) is 0.130. The zero-order valence-electron chi connectivity index (χ0n) is 84.1.